The van der Waals surface area contributed by atoms with Gasteiger partial charge in [-0.1, -0.05) is 30.3 Å². The second kappa shape index (κ2) is 5.09. The third-order valence-corrected chi connectivity index (χ3v) is 4.90. The van der Waals surface area contributed by atoms with E-state index >= 15 is 0 Å². The van der Waals surface area contributed by atoms with Crippen molar-refractivity contribution >= 4 is 31.0 Å². The van der Waals surface area contributed by atoms with Crippen LogP contribution in [0, 0.1) is 0 Å². The van der Waals surface area contributed by atoms with Crippen LogP contribution in [-0.4, -0.2) is 27.4 Å². The Balaban J connectivity index is 3.02. The van der Waals surface area contributed by atoms with Gasteiger partial charge in [0.05, 0.1) is 0 Å². The molecule has 0 bridgehead atoms. The first kappa shape index (κ1) is 14.8. The molecule has 0 atom stereocenters. The van der Waals surface area contributed by atoms with Gasteiger partial charge in [0.15, 0.2) is 0 Å². The second-order valence-corrected chi connectivity index (χ2v) is 6.63. The number of hydrogen-bond acceptors (Lipinski definition) is 8. The minimum absolute atomic E-state index is 0.0142. The summed E-state index contributed by atoms with van der Waals surface area (Å²) in [6.07, 6.45) is 0. The minimum atomic E-state index is -4.76. The average molecular weight is 320 g/mol. The Hall–Kier alpha value is -1.56. The molecule has 0 aliphatic heterocycles. The summed E-state index contributed by atoms with van der Waals surface area (Å²) in [7, 11) is -9.49. The maximum absolute atomic E-state index is 11.7. The lowest BCUT2D eigenvalue weighted by Gasteiger charge is -2.10. The van der Waals surface area contributed by atoms with Gasteiger partial charge >= 0.3 is 20.2 Å². The Bertz CT molecular complexity index is 854. The molecule has 2 aromatic rings. The zero-order valence-corrected chi connectivity index (χ0v) is 11.3. The third-order valence-electron chi connectivity index (χ3n) is 2.56. The third kappa shape index (κ3) is 2.40. The van der Waals surface area contributed by atoms with E-state index < -0.39 is 30.0 Å². The van der Waals surface area contributed by atoms with E-state index in [1.807, 2.05) is 0 Å². The van der Waals surface area contributed by atoms with Gasteiger partial charge in [-0.15, -0.1) is 8.67 Å². The van der Waals surface area contributed by atoms with E-state index in [0.29, 0.717) is 5.39 Å². The van der Waals surface area contributed by atoms with Crippen molar-refractivity contribution in [2.45, 2.75) is 9.79 Å². The first-order valence-electron chi connectivity index (χ1n) is 5.01. The maximum Gasteiger partial charge on any atom is 0.325 e. The van der Waals surface area contributed by atoms with Gasteiger partial charge in [0.25, 0.3) is 0 Å². The van der Waals surface area contributed by atoms with Gasteiger partial charge in [0.2, 0.25) is 0 Å². The molecule has 0 saturated heterocycles. The topological polar surface area (TPSA) is 127 Å². The van der Waals surface area contributed by atoms with Crippen LogP contribution in [0.1, 0.15) is 0 Å². The standard InChI is InChI=1S/C10H8O8S2/c11-17-19(13,14)9-6-5-7-3-1-2-4-8(7)10(9)20(15,16)18-12/h1-6,11-12H. The van der Waals surface area contributed by atoms with E-state index in [1.165, 1.54) is 24.3 Å². The lowest BCUT2D eigenvalue weighted by Crippen LogP contribution is -2.13. The Morgan fingerprint density at radius 2 is 1.40 bits per heavy atom. The van der Waals surface area contributed by atoms with Crippen LogP contribution in [0.25, 0.3) is 10.8 Å². The Morgan fingerprint density at radius 3 is 2.00 bits per heavy atom. The summed E-state index contributed by atoms with van der Waals surface area (Å²) >= 11 is 0. The molecule has 2 aromatic carbocycles. The van der Waals surface area contributed by atoms with Gasteiger partial charge in [-0.2, -0.15) is 16.8 Å². The molecule has 10 heteroatoms. The molecule has 0 aliphatic rings. The van der Waals surface area contributed by atoms with E-state index in [4.69, 9.17) is 10.5 Å². The zero-order chi connectivity index (χ0) is 15.0. The summed E-state index contributed by atoms with van der Waals surface area (Å²) in [6.45, 7) is 0. The molecule has 0 saturated carbocycles. The van der Waals surface area contributed by atoms with Crippen molar-refractivity contribution < 1.29 is 36.0 Å². The number of hydrogen-bond donors (Lipinski definition) is 2. The van der Waals surface area contributed by atoms with Crippen LogP contribution >= 0.6 is 0 Å². The Kier molecular flexibility index (Phi) is 3.77. The summed E-state index contributed by atoms with van der Waals surface area (Å²) in [5, 5.41) is 17.3. The lowest BCUT2D eigenvalue weighted by atomic mass is 10.1. The molecular formula is C10H8O8S2. The van der Waals surface area contributed by atoms with E-state index in [9.17, 15) is 16.8 Å². The SMILES string of the molecule is O=S(=O)(OO)c1ccc2ccccc2c1S(=O)(=O)OO. The molecule has 2 N–H and O–H groups in total. The quantitative estimate of drug-likeness (QED) is 0.635. The summed E-state index contributed by atoms with van der Waals surface area (Å²) in [4.78, 5) is -1.68. The van der Waals surface area contributed by atoms with Crippen LogP contribution in [0.2, 0.25) is 0 Å². The predicted octanol–water partition coefficient (Wildman–Crippen LogP) is 1.20. The number of rotatable bonds is 4. The van der Waals surface area contributed by atoms with Gasteiger partial charge in [0.1, 0.15) is 9.79 Å². The molecule has 108 valence electrons. The fraction of sp³-hybridized carbons (Fsp3) is 0. The van der Waals surface area contributed by atoms with Crippen molar-refractivity contribution in [3.05, 3.63) is 36.4 Å². The second-order valence-electron chi connectivity index (χ2n) is 3.67. The monoisotopic (exact) mass is 320 g/mol. The van der Waals surface area contributed by atoms with Crippen LogP contribution in [0.15, 0.2) is 46.2 Å². The van der Waals surface area contributed by atoms with Crippen molar-refractivity contribution in [2.24, 2.45) is 0 Å². The van der Waals surface area contributed by atoms with E-state index in [-0.39, 0.29) is 5.39 Å². The van der Waals surface area contributed by atoms with Gasteiger partial charge < -0.3 is 0 Å². The van der Waals surface area contributed by atoms with E-state index in [0.717, 1.165) is 6.07 Å². The normalized spacial score (nSPS) is 12.7. The minimum Gasteiger partial charge on any atom is -0.235 e. The van der Waals surface area contributed by atoms with Gasteiger partial charge in [-0.25, -0.2) is 10.5 Å². The molecule has 0 spiro atoms. The summed E-state index contributed by atoms with van der Waals surface area (Å²) in [5.74, 6) is 0. The van der Waals surface area contributed by atoms with Crippen molar-refractivity contribution in [3.63, 3.8) is 0 Å². The Morgan fingerprint density at radius 1 is 0.800 bits per heavy atom. The lowest BCUT2D eigenvalue weighted by molar-refractivity contribution is -0.132. The van der Waals surface area contributed by atoms with Gasteiger partial charge in [0, 0.05) is 5.39 Å². The molecular weight excluding hydrogens is 312 g/mol. The first-order chi connectivity index (χ1) is 9.33. The van der Waals surface area contributed by atoms with Crippen LogP contribution in [0.5, 0.6) is 0 Å². The first-order valence-corrected chi connectivity index (χ1v) is 7.83. The molecule has 20 heavy (non-hydrogen) atoms. The van der Waals surface area contributed by atoms with Gasteiger partial charge in [-0.3, -0.25) is 0 Å². The molecule has 0 unspecified atom stereocenters. The molecule has 8 nitrogen and oxygen atoms in total. The Labute approximate surface area is 113 Å². The van der Waals surface area contributed by atoms with Crippen LogP contribution < -0.4 is 0 Å². The highest BCUT2D eigenvalue weighted by Crippen LogP contribution is 2.31. The maximum atomic E-state index is 11.7. The highest BCUT2D eigenvalue weighted by Gasteiger charge is 2.30. The zero-order valence-electron chi connectivity index (χ0n) is 9.62. The van der Waals surface area contributed by atoms with Crippen LogP contribution in [0.4, 0.5) is 0 Å². The molecule has 0 radical (unpaired) electrons. The van der Waals surface area contributed by atoms with E-state index in [2.05, 4.69) is 8.67 Å². The molecule has 0 fully saturated rings. The summed E-state index contributed by atoms with van der Waals surface area (Å²) in [6, 6.07) is 8.15. The van der Waals surface area contributed by atoms with Crippen molar-refractivity contribution in [1.29, 1.82) is 0 Å². The fourth-order valence-corrected chi connectivity index (χ4v) is 3.86. The largest absolute Gasteiger partial charge is 0.325 e. The fourth-order valence-electron chi connectivity index (χ4n) is 1.76. The van der Waals surface area contributed by atoms with E-state index in [1.54, 1.807) is 6.07 Å². The number of benzene rings is 2. The highest BCUT2D eigenvalue weighted by atomic mass is 32.2. The summed E-state index contributed by atoms with van der Waals surface area (Å²) < 4.78 is 53.3. The van der Waals surface area contributed by atoms with Gasteiger partial charge in [-0.05, 0) is 11.5 Å². The smallest absolute Gasteiger partial charge is 0.235 e. The van der Waals surface area contributed by atoms with Crippen LogP contribution in [0.3, 0.4) is 0 Å². The van der Waals surface area contributed by atoms with Crippen molar-refractivity contribution in [3.8, 4) is 0 Å². The van der Waals surface area contributed by atoms with Crippen molar-refractivity contribution in [1.82, 2.24) is 0 Å². The van der Waals surface area contributed by atoms with Crippen LogP contribution in [-0.2, 0) is 28.9 Å². The van der Waals surface area contributed by atoms with Crippen molar-refractivity contribution in [2.75, 3.05) is 0 Å². The highest BCUT2D eigenvalue weighted by molar-refractivity contribution is 7.90. The molecule has 2 rings (SSSR count). The predicted molar refractivity (Wildman–Crippen MR) is 65.7 cm³/mol. The average Bonchev–Trinajstić information content (AvgIpc) is 2.45. The summed E-state index contributed by atoms with van der Waals surface area (Å²) in [5.41, 5.74) is 0. The molecule has 0 heterocycles. The molecule has 0 aromatic heterocycles. The molecule has 0 aliphatic carbocycles. The molecule has 0 amide bonds. The number of fused-ring (bicyclic) bond motifs is 1.